The average molecular weight is 269 g/mol. The lowest BCUT2D eigenvalue weighted by molar-refractivity contribution is -0.136. The van der Waals surface area contributed by atoms with Gasteiger partial charge in [-0.2, -0.15) is 0 Å². The Morgan fingerprint density at radius 2 is 1.95 bits per heavy atom. The molecule has 1 unspecified atom stereocenters. The van der Waals surface area contributed by atoms with Gasteiger partial charge in [-0.3, -0.25) is 9.59 Å². The maximum absolute atomic E-state index is 12.0. The Balaban J connectivity index is 2.30. The summed E-state index contributed by atoms with van der Waals surface area (Å²) in [5, 5.41) is 3.15. The van der Waals surface area contributed by atoms with Crippen molar-refractivity contribution >= 4 is 11.8 Å². The quantitative estimate of drug-likeness (QED) is 0.740. The molecule has 1 saturated heterocycles. The zero-order valence-electron chi connectivity index (χ0n) is 12.4. The standard InChI is InChI=1S/C14H27N3O2/c1-4-16(5-2)13(18)6-7-14(19)17-9-8-12(11-17)10-15-3/h12,15H,4-11H2,1-3H3. The summed E-state index contributed by atoms with van der Waals surface area (Å²) in [6.45, 7) is 8.00. The largest absolute Gasteiger partial charge is 0.343 e. The van der Waals surface area contributed by atoms with Crippen molar-refractivity contribution in [3.05, 3.63) is 0 Å². The first-order valence-electron chi connectivity index (χ1n) is 7.32. The molecule has 0 radical (unpaired) electrons. The van der Waals surface area contributed by atoms with Crippen LogP contribution in [0.15, 0.2) is 0 Å². The van der Waals surface area contributed by atoms with Crippen molar-refractivity contribution in [3.8, 4) is 0 Å². The number of amides is 2. The van der Waals surface area contributed by atoms with Gasteiger partial charge in [0.2, 0.25) is 11.8 Å². The van der Waals surface area contributed by atoms with Crippen molar-refractivity contribution in [2.45, 2.75) is 33.1 Å². The fourth-order valence-corrected chi connectivity index (χ4v) is 2.62. The Hall–Kier alpha value is -1.10. The molecule has 1 aliphatic rings. The summed E-state index contributed by atoms with van der Waals surface area (Å²) < 4.78 is 0. The fourth-order valence-electron chi connectivity index (χ4n) is 2.62. The van der Waals surface area contributed by atoms with Gasteiger partial charge >= 0.3 is 0 Å². The number of hydrogen-bond donors (Lipinski definition) is 1. The Kier molecular flexibility index (Phi) is 6.84. The smallest absolute Gasteiger partial charge is 0.223 e. The van der Waals surface area contributed by atoms with E-state index in [4.69, 9.17) is 0 Å². The number of rotatable bonds is 7. The van der Waals surface area contributed by atoms with E-state index in [1.165, 1.54) is 0 Å². The molecule has 110 valence electrons. The molecule has 0 aromatic rings. The Bertz CT molecular complexity index is 303. The average Bonchev–Trinajstić information content (AvgIpc) is 2.86. The van der Waals surface area contributed by atoms with E-state index in [0.29, 0.717) is 18.8 Å². The zero-order valence-corrected chi connectivity index (χ0v) is 12.4. The summed E-state index contributed by atoms with van der Waals surface area (Å²) in [6.07, 6.45) is 1.76. The normalized spacial score (nSPS) is 18.7. The molecule has 19 heavy (non-hydrogen) atoms. The summed E-state index contributed by atoms with van der Waals surface area (Å²) in [7, 11) is 1.94. The number of hydrogen-bond acceptors (Lipinski definition) is 3. The van der Waals surface area contributed by atoms with Crippen LogP contribution in [0.5, 0.6) is 0 Å². The summed E-state index contributed by atoms with van der Waals surface area (Å²) in [4.78, 5) is 27.5. The van der Waals surface area contributed by atoms with Gasteiger partial charge in [-0.1, -0.05) is 0 Å². The fraction of sp³-hybridized carbons (Fsp3) is 0.857. The Morgan fingerprint density at radius 3 is 2.53 bits per heavy atom. The van der Waals surface area contributed by atoms with Gasteiger partial charge in [-0.15, -0.1) is 0 Å². The van der Waals surface area contributed by atoms with Gasteiger partial charge < -0.3 is 15.1 Å². The van der Waals surface area contributed by atoms with E-state index in [2.05, 4.69) is 5.32 Å². The van der Waals surface area contributed by atoms with Crippen molar-refractivity contribution in [3.63, 3.8) is 0 Å². The van der Waals surface area contributed by atoms with E-state index in [-0.39, 0.29) is 11.8 Å². The van der Waals surface area contributed by atoms with Crippen molar-refractivity contribution in [1.82, 2.24) is 15.1 Å². The lowest BCUT2D eigenvalue weighted by Crippen LogP contribution is -2.33. The second kappa shape index (κ2) is 8.15. The van der Waals surface area contributed by atoms with Crippen molar-refractivity contribution < 1.29 is 9.59 Å². The van der Waals surface area contributed by atoms with E-state index in [1.807, 2.05) is 25.8 Å². The molecular weight excluding hydrogens is 242 g/mol. The van der Waals surface area contributed by atoms with Gasteiger partial charge in [0, 0.05) is 39.0 Å². The predicted octanol–water partition coefficient (Wildman–Crippen LogP) is 0.703. The second-order valence-corrected chi connectivity index (χ2v) is 5.12. The van der Waals surface area contributed by atoms with Gasteiger partial charge in [0.1, 0.15) is 0 Å². The third kappa shape index (κ3) is 4.82. The minimum absolute atomic E-state index is 0.0873. The molecule has 5 heteroatoms. The van der Waals surface area contributed by atoms with E-state index in [1.54, 1.807) is 4.90 Å². The van der Waals surface area contributed by atoms with E-state index >= 15 is 0 Å². The number of carbonyl (C=O) groups excluding carboxylic acids is 2. The molecule has 1 aliphatic heterocycles. The van der Waals surface area contributed by atoms with E-state index in [0.717, 1.165) is 39.1 Å². The highest BCUT2D eigenvalue weighted by molar-refractivity contribution is 5.83. The molecule has 5 nitrogen and oxygen atoms in total. The van der Waals surface area contributed by atoms with Crippen molar-refractivity contribution in [2.24, 2.45) is 5.92 Å². The molecule has 1 atom stereocenters. The molecular formula is C14H27N3O2. The molecule has 1 fully saturated rings. The first-order valence-corrected chi connectivity index (χ1v) is 7.32. The number of nitrogens with one attached hydrogen (secondary N) is 1. The van der Waals surface area contributed by atoms with Gasteiger partial charge in [0.25, 0.3) is 0 Å². The summed E-state index contributed by atoms with van der Waals surface area (Å²) in [5.41, 5.74) is 0. The van der Waals surface area contributed by atoms with Crippen LogP contribution in [0.1, 0.15) is 33.1 Å². The van der Waals surface area contributed by atoms with Crippen LogP contribution in [0.3, 0.4) is 0 Å². The second-order valence-electron chi connectivity index (χ2n) is 5.12. The van der Waals surface area contributed by atoms with Crippen LogP contribution >= 0.6 is 0 Å². The highest BCUT2D eigenvalue weighted by Crippen LogP contribution is 2.16. The van der Waals surface area contributed by atoms with Crippen LogP contribution in [-0.2, 0) is 9.59 Å². The molecule has 0 spiro atoms. The van der Waals surface area contributed by atoms with Crippen LogP contribution < -0.4 is 5.32 Å². The van der Waals surface area contributed by atoms with Crippen molar-refractivity contribution in [1.29, 1.82) is 0 Å². The lowest BCUT2D eigenvalue weighted by atomic mass is 10.1. The summed E-state index contributed by atoms with van der Waals surface area (Å²) in [6, 6.07) is 0. The molecule has 0 aromatic carbocycles. The minimum atomic E-state index is 0.0873. The summed E-state index contributed by atoms with van der Waals surface area (Å²) in [5.74, 6) is 0.774. The molecule has 1 rings (SSSR count). The van der Waals surface area contributed by atoms with Gasteiger partial charge in [-0.05, 0) is 39.8 Å². The molecule has 0 aliphatic carbocycles. The lowest BCUT2D eigenvalue weighted by Gasteiger charge is -2.20. The van der Waals surface area contributed by atoms with Crippen LogP contribution in [0.4, 0.5) is 0 Å². The molecule has 2 amide bonds. The van der Waals surface area contributed by atoms with E-state index in [9.17, 15) is 9.59 Å². The zero-order chi connectivity index (χ0) is 14.3. The number of likely N-dealkylation sites (tertiary alicyclic amines) is 1. The third-order valence-corrected chi connectivity index (χ3v) is 3.80. The molecule has 0 saturated carbocycles. The summed E-state index contributed by atoms with van der Waals surface area (Å²) >= 11 is 0. The number of carbonyl (C=O) groups is 2. The maximum atomic E-state index is 12.0. The van der Waals surface area contributed by atoms with Gasteiger partial charge in [0.15, 0.2) is 0 Å². The minimum Gasteiger partial charge on any atom is -0.343 e. The van der Waals surface area contributed by atoms with Gasteiger partial charge in [0.05, 0.1) is 0 Å². The third-order valence-electron chi connectivity index (χ3n) is 3.80. The predicted molar refractivity (Wildman–Crippen MR) is 75.8 cm³/mol. The van der Waals surface area contributed by atoms with E-state index < -0.39 is 0 Å². The molecule has 0 aromatic heterocycles. The molecule has 1 heterocycles. The van der Waals surface area contributed by atoms with Crippen molar-refractivity contribution in [2.75, 3.05) is 39.8 Å². The van der Waals surface area contributed by atoms with Crippen LogP contribution in [0.25, 0.3) is 0 Å². The highest BCUT2D eigenvalue weighted by Gasteiger charge is 2.25. The van der Waals surface area contributed by atoms with Gasteiger partial charge in [-0.25, -0.2) is 0 Å². The SMILES string of the molecule is CCN(CC)C(=O)CCC(=O)N1CCC(CNC)C1. The van der Waals surface area contributed by atoms with Crippen LogP contribution in [-0.4, -0.2) is 61.4 Å². The van der Waals surface area contributed by atoms with Crippen LogP contribution in [0.2, 0.25) is 0 Å². The highest BCUT2D eigenvalue weighted by atomic mass is 16.2. The Labute approximate surface area is 116 Å². The first kappa shape index (κ1) is 16.0. The topological polar surface area (TPSA) is 52.7 Å². The number of nitrogens with zero attached hydrogens (tertiary/aromatic N) is 2. The Morgan fingerprint density at radius 1 is 1.26 bits per heavy atom. The maximum Gasteiger partial charge on any atom is 0.223 e. The molecule has 0 bridgehead atoms. The van der Waals surface area contributed by atoms with Crippen LogP contribution in [0, 0.1) is 5.92 Å². The first-order chi connectivity index (χ1) is 9.12. The monoisotopic (exact) mass is 269 g/mol. The molecule has 1 N–H and O–H groups in total.